The summed E-state index contributed by atoms with van der Waals surface area (Å²) in [6.07, 6.45) is 2.37. The first-order valence-corrected chi connectivity index (χ1v) is 7.24. The lowest BCUT2D eigenvalue weighted by molar-refractivity contribution is -0.385. The Morgan fingerprint density at radius 2 is 2.00 bits per heavy atom. The molecule has 0 aromatic heterocycles. The van der Waals surface area contributed by atoms with Gasteiger partial charge in [-0.3, -0.25) is 10.1 Å². The van der Waals surface area contributed by atoms with Crippen molar-refractivity contribution in [1.82, 2.24) is 5.32 Å². The van der Waals surface area contributed by atoms with Crippen LogP contribution in [0.2, 0.25) is 0 Å². The summed E-state index contributed by atoms with van der Waals surface area (Å²) in [5.74, 6) is 2.15. The van der Waals surface area contributed by atoms with E-state index in [1.807, 2.05) is 0 Å². The third-order valence-corrected chi connectivity index (χ3v) is 4.65. The van der Waals surface area contributed by atoms with Crippen molar-refractivity contribution >= 4 is 21.6 Å². The minimum absolute atomic E-state index is 0.0757. The van der Waals surface area contributed by atoms with Gasteiger partial charge in [-0.05, 0) is 59.8 Å². The maximum absolute atomic E-state index is 10.7. The number of nitrogens with zero attached hydrogens (tertiary/aromatic N) is 1. The lowest BCUT2D eigenvalue weighted by atomic mass is 10.0. The van der Waals surface area contributed by atoms with Crippen molar-refractivity contribution in [2.75, 3.05) is 13.1 Å². The quantitative estimate of drug-likeness (QED) is 0.685. The first kappa shape index (κ1) is 12.9. The number of benzene rings is 1. The highest BCUT2D eigenvalue weighted by molar-refractivity contribution is 9.10. The highest BCUT2D eigenvalue weighted by Gasteiger charge is 2.38. The molecule has 1 aromatic rings. The molecule has 0 amide bonds. The van der Waals surface area contributed by atoms with Gasteiger partial charge in [0.1, 0.15) is 5.75 Å². The van der Waals surface area contributed by atoms with Gasteiger partial charge < -0.3 is 10.1 Å². The van der Waals surface area contributed by atoms with E-state index in [4.69, 9.17) is 4.74 Å². The summed E-state index contributed by atoms with van der Waals surface area (Å²) in [5.41, 5.74) is 0.0757. The van der Waals surface area contributed by atoms with Crippen LogP contribution >= 0.6 is 15.9 Å². The lowest BCUT2D eigenvalue weighted by Gasteiger charge is -2.15. The first-order chi connectivity index (χ1) is 9.13. The van der Waals surface area contributed by atoms with Gasteiger partial charge in [-0.1, -0.05) is 0 Å². The van der Waals surface area contributed by atoms with E-state index in [1.165, 1.54) is 12.1 Å². The van der Waals surface area contributed by atoms with Crippen molar-refractivity contribution in [2.45, 2.75) is 18.9 Å². The van der Waals surface area contributed by atoms with Gasteiger partial charge >= 0.3 is 0 Å². The average Bonchev–Trinajstić information content (AvgIpc) is 2.92. The molecule has 2 aliphatic rings. The van der Waals surface area contributed by atoms with Gasteiger partial charge in [-0.25, -0.2) is 0 Å². The maximum atomic E-state index is 10.7. The molecule has 1 aliphatic heterocycles. The topological polar surface area (TPSA) is 64.4 Å². The largest absolute Gasteiger partial charge is 0.489 e. The summed E-state index contributed by atoms with van der Waals surface area (Å²) in [5, 5.41) is 14.1. The molecule has 1 aliphatic carbocycles. The molecule has 1 saturated carbocycles. The van der Waals surface area contributed by atoms with E-state index >= 15 is 0 Å². The summed E-state index contributed by atoms with van der Waals surface area (Å²) >= 11 is 3.34. The number of nitro groups is 1. The molecule has 0 bridgehead atoms. The molecule has 5 nitrogen and oxygen atoms in total. The number of hydrogen-bond acceptors (Lipinski definition) is 4. The average molecular weight is 327 g/mol. The molecule has 1 aromatic carbocycles. The van der Waals surface area contributed by atoms with Crippen LogP contribution in [0, 0.1) is 22.0 Å². The van der Waals surface area contributed by atoms with Crippen molar-refractivity contribution < 1.29 is 9.66 Å². The molecular weight excluding hydrogens is 312 g/mol. The molecule has 2 fully saturated rings. The Morgan fingerprint density at radius 1 is 1.32 bits per heavy atom. The number of ether oxygens (including phenoxy) is 1. The summed E-state index contributed by atoms with van der Waals surface area (Å²) < 4.78 is 6.63. The van der Waals surface area contributed by atoms with Crippen molar-refractivity contribution in [3.05, 3.63) is 32.8 Å². The Morgan fingerprint density at radius 3 is 2.58 bits per heavy atom. The number of nitrogens with one attached hydrogen (secondary N) is 1. The summed E-state index contributed by atoms with van der Waals surface area (Å²) in [6.45, 7) is 2.18. The SMILES string of the molecule is O=[N+]([O-])c1ccc(OC2CC3CNCC3C2)c(Br)c1. The highest BCUT2D eigenvalue weighted by atomic mass is 79.9. The van der Waals surface area contributed by atoms with Gasteiger partial charge in [-0.2, -0.15) is 0 Å². The van der Waals surface area contributed by atoms with Crippen LogP contribution in [0.15, 0.2) is 22.7 Å². The van der Waals surface area contributed by atoms with Crippen LogP contribution in [0.5, 0.6) is 5.75 Å². The zero-order chi connectivity index (χ0) is 13.4. The van der Waals surface area contributed by atoms with Crippen LogP contribution in [0.3, 0.4) is 0 Å². The molecule has 2 unspecified atom stereocenters. The highest BCUT2D eigenvalue weighted by Crippen LogP contribution is 2.38. The molecule has 102 valence electrons. The number of rotatable bonds is 3. The second kappa shape index (κ2) is 5.09. The van der Waals surface area contributed by atoms with Gasteiger partial charge in [0.2, 0.25) is 0 Å². The van der Waals surface area contributed by atoms with Gasteiger partial charge in [0.05, 0.1) is 15.5 Å². The monoisotopic (exact) mass is 326 g/mol. The van der Waals surface area contributed by atoms with E-state index in [1.54, 1.807) is 6.07 Å². The van der Waals surface area contributed by atoms with Crippen molar-refractivity contribution in [1.29, 1.82) is 0 Å². The van der Waals surface area contributed by atoms with E-state index in [0.717, 1.165) is 37.8 Å². The number of halogens is 1. The minimum atomic E-state index is -0.403. The Kier molecular flexibility index (Phi) is 3.45. The van der Waals surface area contributed by atoms with Crippen LogP contribution in [-0.2, 0) is 0 Å². The van der Waals surface area contributed by atoms with Crippen LogP contribution in [0.1, 0.15) is 12.8 Å². The molecule has 0 radical (unpaired) electrons. The Bertz CT molecular complexity index is 497. The predicted molar refractivity (Wildman–Crippen MR) is 74.3 cm³/mol. The number of hydrogen-bond donors (Lipinski definition) is 1. The second-order valence-electron chi connectivity index (χ2n) is 5.26. The van der Waals surface area contributed by atoms with Gasteiger partial charge in [0, 0.05) is 12.1 Å². The van der Waals surface area contributed by atoms with Gasteiger partial charge in [0.15, 0.2) is 0 Å². The molecular formula is C13H15BrN2O3. The van der Waals surface area contributed by atoms with E-state index in [-0.39, 0.29) is 11.8 Å². The molecule has 3 rings (SSSR count). The summed E-state index contributed by atoms with van der Waals surface area (Å²) in [4.78, 5) is 10.3. The molecule has 0 spiro atoms. The number of fused-ring (bicyclic) bond motifs is 1. The maximum Gasteiger partial charge on any atom is 0.270 e. The zero-order valence-corrected chi connectivity index (χ0v) is 11.9. The van der Waals surface area contributed by atoms with E-state index in [9.17, 15) is 10.1 Å². The molecule has 6 heteroatoms. The molecule has 2 atom stereocenters. The fourth-order valence-corrected chi connectivity index (χ4v) is 3.55. The Balaban J connectivity index is 1.69. The summed E-state index contributed by atoms with van der Waals surface area (Å²) in [7, 11) is 0. The van der Waals surface area contributed by atoms with Crippen LogP contribution in [0.25, 0.3) is 0 Å². The van der Waals surface area contributed by atoms with Crippen LogP contribution in [-0.4, -0.2) is 24.1 Å². The first-order valence-electron chi connectivity index (χ1n) is 6.45. The minimum Gasteiger partial charge on any atom is -0.489 e. The summed E-state index contributed by atoms with van der Waals surface area (Å²) in [6, 6.07) is 4.65. The predicted octanol–water partition coefficient (Wildman–Crippen LogP) is 2.73. The van der Waals surface area contributed by atoms with E-state index < -0.39 is 4.92 Å². The normalized spacial score (nSPS) is 29.2. The fourth-order valence-electron chi connectivity index (χ4n) is 3.09. The van der Waals surface area contributed by atoms with E-state index in [2.05, 4.69) is 21.2 Å². The van der Waals surface area contributed by atoms with Crippen LogP contribution in [0.4, 0.5) is 5.69 Å². The smallest absolute Gasteiger partial charge is 0.270 e. The molecule has 1 saturated heterocycles. The Labute approximate surface area is 119 Å². The van der Waals surface area contributed by atoms with Crippen molar-refractivity contribution in [3.8, 4) is 5.75 Å². The molecule has 1 heterocycles. The molecule has 1 N–H and O–H groups in total. The molecule has 19 heavy (non-hydrogen) atoms. The van der Waals surface area contributed by atoms with Gasteiger partial charge in [-0.15, -0.1) is 0 Å². The third-order valence-electron chi connectivity index (χ3n) is 4.03. The van der Waals surface area contributed by atoms with Gasteiger partial charge in [0.25, 0.3) is 5.69 Å². The fraction of sp³-hybridized carbons (Fsp3) is 0.538. The van der Waals surface area contributed by atoms with E-state index in [0.29, 0.717) is 10.2 Å². The standard InChI is InChI=1S/C13H15BrN2O3/c14-12-5-10(16(17)18)1-2-13(12)19-11-3-8-6-15-7-9(8)4-11/h1-2,5,8-9,11,15H,3-4,6-7H2. The number of non-ortho nitro benzene ring substituents is 1. The second-order valence-corrected chi connectivity index (χ2v) is 6.12. The lowest BCUT2D eigenvalue weighted by Crippen LogP contribution is -2.18. The number of nitro benzene ring substituents is 1. The van der Waals surface area contributed by atoms with Crippen LogP contribution < -0.4 is 10.1 Å². The van der Waals surface area contributed by atoms with Crippen molar-refractivity contribution in [2.24, 2.45) is 11.8 Å². The third kappa shape index (κ3) is 2.60. The zero-order valence-electron chi connectivity index (χ0n) is 10.3. The van der Waals surface area contributed by atoms with Crippen molar-refractivity contribution in [3.63, 3.8) is 0 Å². The Hall–Kier alpha value is -1.14.